The number of rotatable bonds is 3. The lowest BCUT2D eigenvalue weighted by Gasteiger charge is -2.31. The van der Waals surface area contributed by atoms with Crippen molar-refractivity contribution in [2.75, 3.05) is 19.7 Å². The van der Waals surface area contributed by atoms with Crippen LogP contribution in [0.4, 0.5) is 8.78 Å². The molecule has 17 heavy (non-hydrogen) atoms. The summed E-state index contributed by atoms with van der Waals surface area (Å²) in [6.07, 6.45) is 1.79. The van der Waals surface area contributed by atoms with Gasteiger partial charge in [0.2, 0.25) is 0 Å². The molecule has 0 saturated carbocycles. The van der Waals surface area contributed by atoms with E-state index in [0.717, 1.165) is 25.9 Å². The van der Waals surface area contributed by atoms with E-state index in [1.54, 1.807) is 0 Å². The predicted molar refractivity (Wildman–Crippen MR) is 61.4 cm³/mol. The van der Waals surface area contributed by atoms with E-state index in [1.165, 1.54) is 18.2 Å². The molecule has 4 heteroatoms. The Bertz CT molecular complexity index is 355. The molecule has 1 aromatic rings. The zero-order valence-corrected chi connectivity index (χ0v) is 9.70. The number of halogens is 2. The van der Waals surface area contributed by atoms with Gasteiger partial charge in [0, 0.05) is 18.7 Å². The predicted octanol–water partition coefficient (Wildman–Crippen LogP) is 2.17. The largest absolute Gasteiger partial charge is 0.396 e. The smallest absolute Gasteiger partial charge is 0.130 e. The summed E-state index contributed by atoms with van der Waals surface area (Å²) in [5, 5.41) is 9.02. The first-order valence-corrected chi connectivity index (χ1v) is 5.97. The number of nitrogens with zero attached hydrogens (tertiary/aromatic N) is 1. The van der Waals surface area contributed by atoms with Crippen molar-refractivity contribution in [3.63, 3.8) is 0 Å². The highest BCUT2D eigenvalue weighted by Crippen LogP contribution is 2.20. The van der Waals surface area contributed by atoms with Crippen LogP contribution in [0.25, 0.3) is 0 Å². The zero-order chi connectivity index (χ0) is 12.3. The summed E-state index contributed by atoms with van der Waals surface area (Å²) in [5.41, 5.74) is 0.148. The SMILES string of the molecule is OCC1CCN(Cc2c(F)cccc2F)CC1. The standard InChI is InChI=1S/C13H17F2NO/c14-12-2-1-3-13(15)11(12)8-16-6-4-10(9-17)5-7-16/h1-3,10,17H,4-9H2. The quantitative estimate of drug-likeness (QED) is 0.876. The molecule has 94 valence electrons. The van der Waals surface area contributed by atoms with Gasteiger partial charge in [-0.2, -0.15) is 0 Å². The fraction of sp³-hybridized carbons (Fsp3) is 0.538. The van der Waals surface area contributed by atoms with Gasteiger partial charge in [-0.1, -0.05) is 6.07 Å². The summed E-state index contributed by atoms with van der Waals surface area (Å²) in [7, 11) is 0. The van der Waals surface area contributed by atoms with Crippen molar-refractivity contribution in [3.05, 3.63) is 35.4 Å². The van der Waals surface area contributed by atoms with E-state index in [1.807, 2.05) is 4.90 Å². The van der Waals surface area contributed by atoms with E-state index in [2.05, 4.69) is 0 Å². The Kier molecular flexibility index (Phi) is 4.07. The molecule has 0 amide bonds. The molecule has 1 N–H and O–H groups in total. The van der Waals surface area contributed by atoms with Crippen molar-refractivity contribution in [3.8, 4) is 0 Å². The highest BCUT2D eigenvalue weighted by atomic mass is 19.1. The second-order valence-electron chi connectivity index (χ2n) is 4.60. The summed E-state index contributed by atoms with van der Waals surface area (Å²) in [4.78, 5) is 2.04. The second-order valence-corrected chi connectivity index (χ2v) is 4.60. The maximum atomic E-state index is 13.4. The third-order valence-electron chi connectivity index (χ3n) is 3.41. The molecule has 1 aliphatic rings. The van der Waals surface area contributed by atoms with Crippen molar-refractivity contribution in [2.24, 2.45) is 5.92 Å². The number of aliphatic hydroxyl groups excluding tert-OH is 1. The van der Waals surface area contributed by atoms with Gasteiger partial charge in [-0.15, -0.1) is 0 Å². The van der Waals surface area contributed by atoms with Crippen LogP contribution in [0.2, 0.25) is 0 Å². The van der Waals surface area contributed by atoms with Crippen molar-refractivity contribution in [1.29, 1.82) is 0 Å². The van der Waals surface area contributed by atoms with Crippen LogP contribution in [-0.4, -0.2) is 29.7 Å². The first-order valence-electron chi connectivity index (χ1n) is 5.97. The average Bonchev–Trinajstić information content (AvgIpc) is 2.35. The maximum absolute atomic E-state index is 13.4. The summed E-state index contributed by atoms with van der Waals surface area (Å²) >= 11 is 0. The van der Waals surface area contributed by atoms with Crippen molar-refractivity contribution >= 4 is 0 Å². The molecular formula is C13H17F2NO. The summed E-state index contributed by atoms with van der Waals surface area (Å²) in [5.74, 6) is -0.611. The van der Waals surface area contributed by atoms with Crippen LogP contribution in [0.3, 0.4) is 0 Å². The molecule has 1 heterocycles. The first-order chi connectivity index (χ1) is 8.20. The molecule has 2 nitrogen and oxygen atoms in total. The van der Waals surface area contributed by atoms with Crippen LogP contribution in [0.5, 0.6) is 0 Å². The van der Waals surface area contributed by atoms with Crippen LogP contribution < -0.4 is 0 Å². The molecule has 0 unspecified atom stereocenters. The zero-order valence-electron chi connectivity index (χ0n) is 9.70. The van der Waals surface area contributed by atoms with E-state index < -0.39 is 11.6 Å². The van der Waals surface area contributed by atoms with E-state index in [0.29, 0.717) is 12.5 Å². The van der Waals surface area contributed by atoms with Crippen molar-refractivity contribution < 1.29 is 13.9 Å². The Balaban J connectivity index is 1.98. The monoisotopic (exact) mass is 241 g/mol. The Morgan fingerprint density at radius 3 is 2.29 bits per heavy atom. The number of aliphatic hydroxyl groups is 1. The molecule has 1 saturated heterocycles. The molecule has 2 rings (SSSR count). The minimum Gasteiger partial charge on any atom is -0.396 e. The van der Waals surface area contributed by atoms with E-state index in [-0.39, 0.29) is 12.2 Å². The van der Waals surface area contributed by atoms with Gasteiger partial charge in [0.15, 0.2) is 0 Å². The molecule has 0 spiro atoms. The molecule has 1 aliphatic heterocycles. The van der Waals surface area contributed by atoms with Gasteiger partial charge >= 0.3 is 0 Å². The highest BCUT2D eigenvalue weighted by Gasteiger charge is 2.20. The van der Waals surface area contributed by atoms with Crippen molar-refractivity contribution in [1.82, 2.24) is 4.90 Å². The van der Waals surface area contributed by atoms with Gasteiger partial charge in [0.25, 0.3) is 0 Å². The topological polar surface area (TPSA) is 23.5 Å². The van der Waals surface area contributed by atoms with E-state index >= 15 is 0 Å². The fourth-order valence-corrected chi connectivity index (χ4v) is 2.23. The van der Waals surface area contributed by atoms with Crippen LogP contribution in [0.1, 0.15) is 18.4 Å². The lowest BCUT2D eigenvalue weighted by atomic mass is 9.97. The third kappa shape index (κ3) is 3.01. The lowest BCUT2D eigenvalue weighted by molar-refractivity contribution is 0.125. The van der Waals surface area contributed by atoms with Crippen LogP contribution >= 0.6 is 0 Å². The van der Waals surface area contributed by atoms with Gasteiger partial charge in [0.05, 0.1) is 0 Å². The summed E-state index contributed by atoms with van der Waals surface area (Å²) < 4.78 is 26.9. The second kappa shape index (κ2) is 5.56. The Hall–Kier alpha value is -1.00. The van der Waals surface area contributed by atoms with Gasteiger partial charge in [-0.25, -0.2) is 8.78 Å². The summed E-state index contributed by atoms with van der Waals surface area (Å²) in [6, 6.07) is 3.96. The first kappa shape index (κ1) is 12.5. The Labute approximate surface area is 99.9 Å². The molecule has 0 bridgehead atoms. The molecule has 0 atom stereocenters. The number of likely N-dealkylation sites (tertiary alicyclic amines) is 1. The van der Waals surface area contributed by atoms with Gasteiger partial charge in [0.1, 0.15) is 11.6 Å². The molecular weight excluding hydrogens is 224 g/mol. The molecule has 1 fully saturated rings. The van der Waals surface area contributed by atoms with Gasteiger partial charge < -0.3 is 5.11 Å². The highest BCUT2D eigenvalue weighted by molar-refractivity contribution is 5.19. The molecule has 0 aromatic heterocycles. The average molecular weight is 241 g/mol. The molecule has 0 radical (unpaired) electrons. The normalized spacial score (nSPS) is 18.5. The van der Waals surface area contributed by atoms with Crippen LogP contribution in [-0.2, 0) is 6.54 Å². The van der Waals surface area contributed by atoms with Gasteiger partial charge in [-0.3, -0.25) is 4.90 Å². The molecule has 1 aromatic carbocycles. The summed E-state index contributed by atoms with van der Waals surface area (Å²) in [6.45, 7) is 2.11. The number of benzene rings is 1. The lowest BCUT2D eigenvalue weighted by Crippen LogP contribution is -2.34. The number of hydrogen-bond donors (Lipinski definition) is 1. The molecule has 0 aliphatic carbocycles. The van der Waals surface area contributed by atoms with E-state index in [4.69, 9.17) is 5.11 Å². The van der Waals surface area contributed by atoms with Crippen molar-refractivity contribution in [2.45, 2.75) is 19.4 Å². The Morgan fingerprint density at radius 2 is 1.76 bits per heavy atom. The maximum Gasteiger partial charge on any atom is 0.130 e. The van der Waals surface area contributed by atoms with Gasteiger partial charge in [-0.05, 0) is 44.0 Å². The fourth-order valence-electron chi connectivity index (χ4n) is 2.23. The minimum absolute atomic E-state index is 0.148. The number of hydrogen-bond acceptors (Lipinski definition) is 2. The van der Waals surface area contributed by atoms with E-state index in [9.17, 15) is 8.78 Å². The minimum atomic E-state index is -0.478. The number of piperidine rings is 1. The third-order valence-corrected chi connectivity index (χ3v) is 3.41. The van der Waals surface area contributed by atoms with Crippen LogP contribution in [0.15, 0.2) is 18.2 Å². The Morgan fingerprint density at radius 1 is 1.18 bits per heavy atom. The van der Waals surface area contributed by atoms with Crippen LogP contribution in [0, 0.1) is 17.6 Å².